The van der Waals surface area contributed by atoms with Crippen LogP contribution in [0.15, 0.2) is 67.2 Å². The molecule has 0 N–H and O–H groups in total. The van der Waals surface area contributed by atoms with E-state index in [1.165, 1.54) is 21.9 Å². The molecule has 2 heteroatoms. The van der Waals surface area contributed by atoms with Crippen molar-refractivity contribution in [1.29, 1.82) is 0 Å². The van der Waals surface area contributed by atoms with E-state index in [-0.39, 0.29) is 12.4 Å². The largest absolute Gasteiger partial charge is 0.465 e. The Morgan fingerprint density at radius 1 is 1.04 bits per heavy atom. The summed E-state index contributed by atoms with van der Waals surface area (Å²) in [5, 5.41) is 2.62. The van der Waals surface area contributed by atoms with E-state index in [0.717, 1.165) is 17.7 Å². The van der Waals surface area contributed by atoms with E-state index in [1.807, 2.05) is 37.3 Å². The minimum Gasteiger partial charge on any atom is -0.465 e. The van der Waals surface area contributed by atoms with Crippen molar-refractivity contribution < 1.29 is 9.47 Å². The number of hydrogen-bond acceptors (Lipinski definition) is 2. The summed E-state index contributed by atoms with van der Waals surface area (Å²) in [6.07, 6.45) is 2.46. The lowest BCUT2D eigenvalue weighted by Crippen LogP contribution is -2.19. The van der Waals surface area contributed by atoms with Gasteiger partial charge >= 0.3 is 0 Å². The van der Waals surface area contributed by atoms with Gasteiger partial charge in [0, 0.05) is 6.42 Å². The SMILES string of the molecule is C=Cc1ccc(OC(C)OC2Cc3cccc4cccc2c34)cc1. The lowest BCUT2D eigenvalue weighted by Gasteiger charge is -2.21. The highest BCUT2D eigenvalue weighted by molar-refractivity contribution is 5.91. The molecular weight excluding hydrogens is 296 g/mol. The fourth-order valence-corrected chi connectivity index (χ4v) is 3.45. The quantitative estimate of drug-likeness (QED) is 0.577. The Kier molecular flexibility index (Phi) is 3.83. The zero-order chi connectivity index (χ0) is 16.5. The van der Waals surface area contributed by atoms with E-state index < -0.39 is 0 Å². The summed E-state index contributed by atoms with van der Waals surface area (Å²) >= 11 is 0. The van der Waals surface area contributed by atoms with Crippen molar-refractivity contribution in [1.82, 2.24) is 0 Å². The lowest BCUT2D eigenvalue weighted by molar-refractivity contribution is -0.107. The number of ether oxygens (including phenoxy) is 2. The molecule has 4 rings (SSSR count). The van der Waals surface area contributed by atoms with E-state index in [4.69, 9.17) is 9.47 Å². The molecule has 1 aliphatic rings. The molecule has 2 atom stereocenters. The zero-order valence-corrected chi connectivity index (χ0v) is 13.7. The predicted octanol–water partition coefficient (Wildman–Crippen LogP) is 5.52. The molecule has 0 saturated heterocycles. The Morgan fingerprint density at radius 3 is 2.54 bits per heavy atom. The van der Waals surface area contributed by atoms with Gasteiger partial charge in [-0.25, -0.2) is 0 Å². The van der Waals surface area contributed by atoms with E-state index in [0.29, 0.717) is 0 Å². The molecule has 0 bridgehead atoms. The topological polar surface area (TPSA) is 18.5 Å². The van der Waals surface area contributed by atoms with Gasteiger partial charge in [-0.1, -0.05) is 61.2 Å². The van der Waals surface area contributed by atoms with Crippen LogP contribution >= 0.6 is 0 Å². The molecule has 3 aromatic rings. The molecule has 0 saturated carbocycles. The van der Waals surface area contributed by atoms with Crippen LogP contribution in [-0.2, 0) is 11.2 Å². The summed E-state index contributed by atoms with van der Waals surface area (Å²) < 4.78 is 12.1. The van der Waals surface area contributed by atoms with Gasteiger partial charge in [-0.05, 0) is 46.5 Å². The molecule has 2 nitrogen and oxygen atoms in total. The first kappa shape index (κ1) is 15.0. The first-order chi connectivity index (χ1) is 11.7. The van der Waals surface area contributed by atoms with Crippen molar-refractivity contribution in [3.05, 3.63) is 83.9 Å². The number of rotatable bonds is 5. The van der Waals surface area contributed by atoms with E-state index in [9.17, 15) is 0 Å². The second-order valence-electron chi connectivity index (χ2n) is 6.15. The van der Waals surface area contributed by atoms with Crippen molar-refractivity contribution in [3.63, 3.8) is 0 Å². The molecule has 1 aliphatic carbocycles. The van der Waals surface area contributed by atoms with Crippen LogP contribution in [0, 0.1) is 0 Å². The maximum absolute atomic E-state index is 6.20. The molecule has 0 amide bonds. The summed E-state index contributed by atoms with van der Waals surface area (Å²) in [5.74, 6) is 0.807. The van der Waals surface area contributed by atoms with Gasteiger partial charge in [0.15, 0.2) is 6.29 Å². The van der Waals surface area contributed by atoms with Gasteiger partial charge in [-0.3, -0.25) is 0 Å². The molecule has 120 valence electrons. The normalized spacial score (nSPS) is 17.0. The third kappa shape index (κ3) is 2.70. The van der Waals surface area contributed by atoms with Gasteiger partial charge < -0.3 is 9.47 Å². The van der Waals surface area contributed by atoms with Crippen molar-refractivity contribution >= 4 is 16.8 Å². The lowest BCUT2D eigenvalue weighted by atomic mass is 10.1. The Labute approximate surface area is 142 Å². The van der Waals surface area contributed by atoms with E-state index in [1.54, 1.807) is 0 Å². The molecule has 0 radical (unpaired) electrons. The van der Waals surface area contributed by atoms with E-state index >= 15 is 0 Å². The van der Waals surface area contributed by atoms with Gasteiger partial charge in [-0.15, -0.1) is 0 Å². The maximum Gasteiger partial charge on any atom is 0.197 e. The molecule has 2 unspecified atom stereocenters. The minimum absolute atomic E-state index is 0.0496. The van der Waals surface area contributed by atoms with Gasteiger partial charge in [0.05, 0.1) is 6.10 Å². The Morgan fingerprint density at radius 2 is 1.79 bits per heavy atom. The Bertz CT molecular complexity index is 875. The van der Waals surface area contributed by atoms with Crippen LogP contribution in [0.4, 0.5) is 0 Å². The van der Waals surface area contributed by atoms with Crippen LogP contribution in [-0.4, -0.2) is 6.29 Å². The van der Waals surface area contributed by atoms with Crippen molar-refractivity contribution in [2.45, 2.75) is 25.7 Å². The monoisotopic (exact) mass is 316 g/mol. The highest BCUT2D eigenvalue weighted by atomic mass is 16.7. The van der Waals surface area contributed by atoms with Gasteiger partial charge in [0.2, 0.25) is 0 Å². The van der Waals surface area contributed by atoms with Crippen LogP contribution in [0.2, 0.25) is 0 Å². The first-order valence-corrected chi connectivity index (χ1v) is 8.30. The van der Waals surface area contributed by atoms with Crippen LogP contribution in [0.1, 0.15) is 29.7 Å². The molecular formula is C22H20O2. The van der Waals surface area contributed by atoms with E-state index in [2.05, 4.69) is 43.0 Å². The second-order valence-corrected chi connectivity index (χ2v) is 6.15. The van der Waals surface area contributed by atoms with Gasteiger partial charge in [0.25, 0.3) is 0 Å². The molecule has 0 fully saturated rings. The number of hydrogen-bond donors (Lipinski definition) is 0. The van der Waals surface area contributed by atoms with Gasteiger partial charge in [-0.2, -0.15) is 0 Å². The molecule has 0 aliphatic heterocycles. The third-order valence-corrected chi connectivity index (χ3v) is 4.55. The minimum atomic E-state index is -0.311. The van der Waals surface area contributed by atoms with Gasteiger partial charge in [0.1, 0.15) is 5.75 Å². The van der Waals surface area contributed by atoms with Crippen molar-refractivity contribution in [2.75, 3.05) is 0 Å². The second kappa shape index (κ2) is 6.14. The molecule has 0 spiro atoms. The molecule has 3 aromatic carbocycles. The van der Waals surface area contributed by atoms with Crippen molar-refractivity contribution in [2.24, 2.45) is 0 Å². The summed E-state index contributed by atoms with van der Waals surface area (Å²) in [6.45, 7) is 5.71. The summed E-state index contributed by atoms with van der Waals surface area (Å²) in [5.41, 5.74) is 3.70. The summed E-state index contributed by atoms with van der Waals surface area (Å²) in [7, 11) is 0. The van der Waals surface area contributed by atoms with Crippen LogP contribution in [0.3, 0.4) is 0 Å². The molecule has 0 heterocycles. The summed E-state index contributed by atoms with van der Waals surface area (Å²) in [4.78, 5) is 0. The first-order valence-electron chi connectivity index (χ1n) is 8.30. The number of benzene rings is 3. The third-order valence-electron chi connectivity index (χ3n) is 4.55. The predicted molar refractivity (Wildman–Crippen MR) is 98.1 cm³/mol. The summed E-state index contributed by atoms with van der Waals surface area (Å²) in [6, 6.07) is 20.7. The van der Waals surface area contributed by atoms with Crippen LogP contribution < -0.4 is 4.74 Å². The van der Waals surface area contributed by atoms with Crippen LogP contribution in [0.5, 0.6) is 5.75 Å². The van der Waals surface area contributed by atoms with Crippen molar-refractivity contribution in [3.8, 4) is 5.75 Å². The molecule has 24 heavy (non-hydrogen) atoms. The fourth-order valence-electron chi connectivity index (χ4n) is 3.45. The average Bonchev–Trinajstić information content (AvgIpc) is 2.95. The maximum atomic E-state index is 6.20. The fraction of sp³-hybridized carbons (Fsp3) is 0.182. The molecule has 0 aromatic heterocycles. The average molecular weight is 316 g/mol. The van der Waals surface area contributed by atoms with Crippen LogP contribution in [0.25, 0.3) is 16.8 Å². The highest BCUT2D eigenvalue weighted by Crippen LogP contribution is 2.39. The Hall–Kier alpha value is -2.58. The standard InChI is InChI=1S/C22H20O2/c1-3-16-10-12-19(13-11-16)23-15(2)24-21-14-18-8-4-6-17-7-5-9-20(21)22(17)18/h3-13,15,21H,1,14H2,2H3. The zero-order valence-electron chi connectivity index (χ0n) is 13.7. The highest BCUT2D eigenvalue weighted by Gasteiger charge is 2.26. The Balaban J connectivity index is 1.50. The smallest absolute Gasteiger partial charge is 0.197 e.